The van der Waals surface area contributed by atoms with Crippen LogP contribution in [-0.2, 0) is 9.59 Å². The quantitative estimate of drug-likeness (QED) is 0.701. The number of carbonyl (C=O) groups is 2. The van der Waals surface area contributed by atoms with Gasteiger partial charge in [0.25, 0.3) is 11.8 Å². The van der Waals surface area contributed by atoms with Gasteiger partial charge < -0.3 is 15.1 Å². The molecule has 0 aliphatic carbocycles. The third kappa shape index (κ3) is 5.96. The van der Waals surface area contributed by atoms with E-state index in [0.29, 0.717) is 21.4 Å². The van der Waals surface area contributed by atoms with Crippen molar-refractivity contribution in [3.63, 3.8) is 0 Å². The minimum Gasteiger partial charge on any atom is -0.320 e. The fraction of sp³-hybridized carbons (Fsp3) is 0.300. The molecule has 0 spiro atoms. The van der Waals surface area contributed by atoms with Crippen molar-refractivity contribution in [2.45, 2.75) is 13.8 Å². The standard InChI is InChI=1S/C20H23Cl2N3O2/c1-13-7-5-9-15(21)19(13)23-17(26)11-25(3,4)12-18(27)24-20-14(2)8-6-10-16(20)22/h5-10H,11-12H2,1-4H3,(H-,23,24,26,27)/p+1. The Kier molecular flexibility index (Phi) is 6.87. The Morgan fingerprint density at radius 2 is 1.19 bits per heavy atom. The molecular formula is C20H24Cl2N3O2+. The molecule has 0 unspecified atom stereocenters. The number of amides is 2. The highest BCUT2D eigenvalue weighted by Crippen LogP contribution is 2.26. The van der Waals surface area contributed by atoms with Gasteiger partial charge in [0.05, 0.1) is 35.5 Å². The molecule has 0 saturated carbocycles. The Morgan fingerprint density at radius 3 is 1.52 bits per heavy atom. The number of hydrogen-bond donors (Lipinski definition) is 2. The summed E-state index contributed by atoms with van der Waals surface area (Å²) < 4.78 is 0.185. The summed E-state index contributed by atoms with van der Waals surface area (Å²) in [5.41, 5.74) is 2.96. The van der Waals surface area contributed by atoms with Gasteiger partial charge in [-0.15, -0.1) is 0 Å². The molecule has 0 heterocycles. The van der Waals surface area contributed by atoms with Crippen molar-refractivity contribution in [2.75, 3.05) is 37.8 Å². The second-order valence-corrected chi connectivity index (χ2v) is 8.03. The molecule has 0 bridgehead atoms. The van der Waals surface area contributed by atoms with Gasteiger partial charge >= 0.3 is 0 Å². The van der Waals surface area contributed by atoms with E-state index in [4.69, 9.17) is 23.2 Å². The van der Waals surface area contributed by atoms with Crippen LogP contribution in [0.15, 0.2) is 36.4 Å². The summed E-state index contributed by atoms with van der Waals surface area (Å²) in [4.78, 5) is 24.9. The highest BCUT2D eigenvalue weighted by atomic mass is 35.5. The van der Waals surface area contributed by atoms with Crippen LogP contribution in [0.2, 0.25) is 10.0 Å². The van der Waals surface area contributed by atoms with Crippen LogP contribution in [0.1, 0.15) is 11.1 Å². The minimum atomic E-state index is -0.210. The van der Waals surface area contributed by atoms with Gasteiger partial charge in [-0.05, 0) is 37.1 Å². The molecule has 0 aliphatic heterocycles. The molecule has 2 rings (SSSR count). The van der Waals surface area contributed by atoms with E-state index in [9.17, 15) is 9.59 Å². The summed E-state index contributed by atoms with van der Waals surface area (Å²) in [5, 5.41) is 6.65. The first kappa shape index (κ1) is 21.2. The van der Waals surface area contributed by atoms with Gasteiger partial charge in [0, 0.05) is 0 Å². The first-order valence-corrected chi connectivity index (χ1v) is 9.26. The van der Waals surface area contributed by atoms with Crippen molar-refractivity contribution in [1.29, 1.82) is 0 Å². The second kappa shape index (κ2) is 8.74. The summed E-state index contributed by atoms with van der Waals surface area (Å²) in [6, 6.07) is 10.9. The molecule has 0 aromatic heterocycles. The number of nitrogens with one attached hydrogen (secondary N) is 2. The lowest BCUT2D eigenvalue weighted by molar-refractivity contribution is -0.874. The fourth-order valence-corrected chi connectivity index (χ4v) is 3.31. The second-order valence-electron chi connectivity index (χ2n) is 7.21. The number of nitrogens with zero attached hydrogens (tertiary/aromatic N) is 1. The number of para-hydroxylation sites is 2. The van der Waals surface area contributed by atoms with Gasteiger partial charge in [-0.2, -0.15) is 0 Å². The monoisotopic (exact) mass is 408 g/mol. The molecule has 2 aromatic rings. The maximum absolute atomic E-state index is 12.4. The zero-order valence-corrected chi connectivity index (χ0v) is 17.4. The minimum absolute atomic E-state index is 0.125. The summed E-state index contributed by atoms with van der Waals surface area (Å²) >= 11 is 12.3. The van der Waals surface area contributed by atoms with Crippen molar-refractivity contribution in [1.82, 2.24) is 0 Å². The van der Waals surface area contributed by atoms with E-state index < -0.39 is 0 Å². The van der Waals surface area contributed by atoms with E-state index in [1.54, 1.807) is 12.1 Å². The lowest BCUT2D eigenvalue weighted by atomic mass is 10.2. The SMILES string of the molecule is Cc1cccc(Cl)c1NC(=O)C[N+](C)(C)CC(=O)Nc1c(C)cccc1Cl. The number of halogens is 2. The van der Waals surface area contributed by atoms with Crippen LogP contribution in [-0.4, -0.2) is 43.5 Å². The maximum atomic E-state index is 12.4. The van der Waals surface area contributed by atoms with Crippen LogP contribution in [0.25, 0.3) is 0 Å². The van der Waals surface area contributed by atoms with E-state index in [1.165, 1.54) is 0 Å². The van der Waals surface area contributed by atoms with Gasteiger partial charge in [0.2, 0.25) is 0 Å². The van der Waals surface area contributed by atoms with Crippen molar-refractivity contribution < 1.29 is 14.1 Å². The lowest BCUT2D eigenvalue weighted by Gasteiger charge is -2.28. The van der Waals surface area contributed by atoms with Crippen molar-refractivity contribution >= 4 is 46.4 Å². The molecule has 27 heavy (non-hydrogen) atoms. The lowest BCUT2D eigenvalue weighted by Crippen LogP contribution is -2.50. The summed E-state index contributed by atoms with van der Waals surface area (Å²) in [6.07, 6.45) is 0. The molecule has 0 aliphatic rings. The number of quaternary nitrogens is 1. The predicted molar refractivity (Wildman–Crippen MR) is 111 cm³/mol. The number of benzene rings is 2. The van der Waals surface area contributed by atoms with Gasteiger partial charge in [-0.1, -0.05) is 47.5 Å². The van der Waals surface area contributed by atoms with Crippen LogP contribution in [0.3, 0.4) is 0 Å². The third-order valence-electron chi connectivity index (χ3n) is 4.12. The zero-order valence-electron chi connectivity index (χ0n) is 15.9. The smallest absolute Gasteiger partial charge is 0.279 e. The topological polar surface area (TPSA) is 58.2 Å². The third-order valence-corrected chi connectivity index (χ3v) is 4.75. The summed E-state index contributed by atoms with van der Waals surface area (Å²) in [7, 11) is 3.64. The van der Waals surface area contributed by atoms with Gasteiger partial charge in [0.15, 0.2) is 13.1 Å². The highest BCUT2D eigenvalue weighted by Gasteiger charge is 2.25. The molecular weight excluding hydrogens is 385 g/mol. The fourth-order valence-electron chi connectivity index (χ4n) is 2.77. The van der Waals surface area contributed by atoms with E-state index in [1.807, 2.05) is 52.2 Å². The van der Waals surface area contributed by atoms with Crippen LogP contribution in [0.5, 0.6) is 0 Å². The Morgan fingerprint density at radius 1 is 0.815 bits per heavy atom. The summed E-state index contributed by atoms with van der Waals surface area (Å²) in [5.74, 6) is -0.421. The normalized spacial score (nSPS) is 11.2. The predicted octanol–water partition coefficient (Wildman–Crippen LogP) is 4.26. The first-order chi connectivity index (χ1) is 12.6. The maximum Gasteiger partial charge on any atom is 0.279 e. The molecule has 5 nitrogen and oxygen atoms in total. The molecule has 0 saturated heterocycles. The van der Waals surface area contributed by atoms with Crippen LogP contribution in [0.4, 0.5) is 11.4 Å². The van der Waals surface area contributed by atoms with Crippen molar-refractivity contribution in [3.8, 4) is 0 Å². The number of likely N-dealkylation sites (N-methyl/N-ethyl adjacent to an activating group) is 1. The average Bonchev–Trinajstić information content (AvgIpc) is 2.53. The molecule has 0 fully saturated rings. The number of anilines is 2. The number of rotatable bonds is 6. The Labute approximate surface area is 169 Å². The largest absolute Gasteiger partial charge is 0.320 e. The van der Waals surface area contributed by atoms with Gasteiger partial charge in [0.1, 0.15) is 0 Å². The van der Waals surface area contributed by atoms with Crippen LogP contribution < -0.4 is 10.6 Å². The average molecular weight is 409 g/mol. The number of hydrogen-bond acceptors (Lipinski definition) is 2. The zero-order chi connectivity index (χ0) is 20.2. The molecule has 2 aromatic carbocycles. The highest BCUT2D eigenvalue weighted by molar-refractivity contribution is 6.34. The Balaban J connectivity index is 1.99. The Bertz CT molecular complexity index is 756. The van der Waals surface area contributed by atoms with Crippen LogP contribution >= 0.6 is 23.2 Å². The van der Waals surface area contributed by atoms with Gasteiger partial charge in [-0.25, -0.2) is 0 Å². The van der Waals surface area contributed by atoms with E-state index in [-0.39, 0.29) is 29.4 Å². The molecule has 2 N–H and O–H groups in total. The molecule has 0 radical (unpaired) electrons. The van der Waals surface area contributed by atoms with Crippen molar-refractivity contribution in [2.24, 2.45) is 0 Å². The molecule has 7 heteroatoms. The Hall–Kier alpha value is -2.08. The first-order valence-electron chi connectivity index (χ1n) is 8.51. The van der Waals surface area contributed by atoms with Crippen molar-refractivity contribution in [3.05, 3.63) is 57.6 Å². The summed E-state index contributed by atoms with van der Waals surface area (Å²) in [6.45, 7) is 4.00. The molecule has 0 atom stereocenters. The van der Waals surface area contributed by atoms with E-state index in [2.05, 4.69) is 10.6 Å². The van der Waals surface area contributed by atoms with Gasteiger partial charge in [-0.3, -0.25) is 9.59 Å². The van der Waals surface area contributed by atoms with Crippen LogP contribution in [0, 0.1) is 13.8 Å². The van der Waals surface area contributed by atoms with E-state index >= 15 is 0 Å². The number of aryl methyl sites for hydroxylation is 2. The van der Waals surface area contributed by atoms with E-state index in [0.717, 1.165) is 11.1 Å². The number of carbonyl (C=O) groups excluding carboxylic acids is 2. The molecule has 2 amide bonds. The molecule has 144 valence electrons.